The summed E-state index contributed by atoms with van der Waals surface area (Å²) in [4.78, 5) is 10.6. The Kier molecular flexibility index (Phi) is 4.10. The molecule has 120 valence electrons. The number of halogens is 1. The first-order chi connectivity index (χ1) is 11.1. The maximum absolute atomic E-state index is 13.7. The molecule has 1 aliphatic heterocycles. The summed E-state index contributed by atoms with van der Waals surface area (Å²) in [6.07, 6.45) is 3.71. The molecule has 0 unspecified atom stereocenters. The van der Waals surface area contributed by atoms with Gasteiger partial charge in [-0.2, -0.15) is 0 Å². The summed E-state index contributed by atoms with van der Waals surface area (Å²) in [5.41, 5.74) is 6.97. The van der Waals surface area contributed by atoms with E-state index in [0.29, 0.717) is 11.3 Å². The predicted molar refractivity (Wildman–Crippen MR) is 86.8 cm³/mol. The maximum Gasteiger partial charge on any atom is 0.167 e. The molecule has 0 atom stereocenters. The standard InChI is InChI=1S/C16H18FN5O/c1-23-14-6-10(12(18)7-11(14)17)16(19)13-8-15(21-9-20-13)22-4-2-3-5-22/h6-9,19H,2-5,18H2,1H3. The molecule has 1 aliphatic rings. The van der Waals surface area contributed by atoms with Gasteiger partial charge in [-0.15, -0.1) is 0 Å². The molecule has 0 bridgehead atoms. The van der Waals surface area contributed by atoms with Crippen molar-refractivity contribution in [3.8, 4) is 5.75 Å². The molecule has 2 heterocycles. The van der Waals surface area contributed by atoms with E-state index in [4.69, 9.17) is 15.9 Å². The van der Waals surface area contributed by atoms with Crippen LogP contribution in [-0.4, -0.2) is 35.9 Å². The number of methoxy groups -OCH3 is 1. The summed E-state index contributed by atoms with van der Waals surface area (Å²) in [6, 6.07) is 4.35. The van der Waals surface area contributed by atoms with E-state index < -0.39 is 5.82 Å². The van der Waals surface area contributed by atoms with Crippen LogP contribution < -0.4 is 15.4 Å². The zero-order valence-corrected chi connectivity index (χ0v) is 12.8. The lowest BCUT2D eigenvalue weighted by atomic mass is 10.0. The van der Waals surface area contributed by atoms with Gasteiger partial charge in [0.15, 0.2) is 11.6 Å². The Morgan fingerprint density at radius 1 is 1.26 bits per heavy atom. The molecule has 7 heteroatoms. The quantitative estimate of drug-likeness (QED) is 0.667. The zero-order valence-electron chi connectivity index (χ0n) is 12.8. The molecule has 1 fully saturated rings. The highest BCUT2D eigenvalue weighted by Gasteiger charge is 2.18. The van der Waals surface area contributed by atoms with Crippen molar-refractivity contribution in [2.24, 2.45) is 0 Å². The average Bonchev–Trinajstić information content (AvgIpc) is 3.09. The fraction of sp³-hybridized carbons (Fsp3) is 0.312. The number of nitrogens with one attached hydrogen (secondary N) is 1. The van der Waals surface area contributed by atoms with Crippen LogP contribution in [0.5, 0.6) is 5.75 Å². The monoisotopic (exact) mass is 315 g/mol. The molecule has 1 aromatic heterocycles. The van der Waals surface area contributed by atoms with Crippen LogP contribution >= 0.6 is 0 Å². The van der Waals surface area contributed by atoms with Crippen molar-refractivity contribution in [2.75, 3.05) is 30.8 Å². The van der Waals surface area contributed by atoms with Gasteiger partial charge in [0.25, 0.3) is 0 Å². The van der Waals surface area contributed by atoms with Crippen molar-refractivity contribution >= 4 is 17.2 Å². The van der Waals surface area contributed by atoms with E-state index in [1.807, 2.05) is 0 Å². The second kappa shape index (κ2) is 6.20. The van der Waals surface area contributed by atoms with Gasteiger partial charge in [0.05, 0.1) is 18.5 Å². The molecule has 2 aromatic rings. The van der Waals surface area contributed by atoms with Gasteiger partial charge in [0.1, 0.15) is 12.1 Å². The van der Waals surface area contributed by atoms with Crippen LogP contribution in [0.1, 0.15) is 24.1 Å². The number of ether oxygens (including phenoxy) is 1. The van der Waals surface area contributed by atoms with Gasteiger partial charge < -0.3 is 15.4 Å². The third-order valence-corrected chi connectivity index (χ3v) is 3.93. The van der Waals surface area contributed by atoms with Crippen molar-refractivity contribution < 1.29 is 9.13 Å². The minimum atomic E-state index is -0.554. The summed E-state index contributed by atoms with van der Waals surface area (Å²) >= 11 is 0. The highest BCUT2D eigenvalue weighted by atomic mass is 19.1. The van der Waals surface area contributed by atoms with E-state index >= 15 is 0 Å². The van der Waals surface area contributed by atoms with E-state index in [-0.39, 0.29) is 17.1 Å². The molecule has 0 saturated carbocycles. The molecule has 0 amide bonds. The van der Waals surface area contributed by atoms with Crippen LogP contribution in [-0.2, 0) is 0 Å². The van der Waals surface area contributed by atoms with Crippen molar-refractivity contribution in [2.45, 2.75) is 12.8 Å². The van der Waals surface area contributed by atoms with Gasteiger partial charge in [-0.3, -0.25) is 5.41 Å². The molecular weight excluding hydrogens is 297 g/mol. The summed E-state index contributed by atoms with van der Waals surface area (Å²) in [5.74, 6) is 0.291. The number of benzene rings is 1. The van der Waals surface area contributed by atoms with Crippen LogP contribution in [0.25, 0.3) is 0 Å². The molecule has 1 saturated heterocycles. The molecule has 1 aromatic carbocycles. The predicted octanol–water partition coefficient (Wildman–Crippen LogP) is 2.22. The van der Waals surface area contributed by atoms with Crippen molar-refractivity contribution in [1.82, 2.24) is 9.97 Å². The van der Waals surface area contributed by atoms with Gasteiger partial charge in [0.2, 0.25) is 0 Å². The molecule has 0 spiro atoms. The summed E-state index contributed by atoms with van der Waals surface area (Å²) in [5, 5.41) is 8.35. The highest BCUT2D eigenvalue weighted by Crippen LogP contribution is 2.26. The normalized spacial score (nSPS) is 14.1. The average molecular weight is 315 g/mol. The van der Waals surface area contributed by atoms with Gasteiger partial charge >= 0.3 is 0 Å². The number of nitrogen functional groups attached to an aromatic ring is 1. The van der Waals surface area contributed by atoms with E-state index in [9.17, 15) is 4.39 Å². The van der Waals surface area contributed by atoms with Crippen LogP contribution in [0.4, 0.5) is 15.9 Å². The fourth-order valence-electron chi connectivity index (χ4n) is 2.68. The number of hydrogen-bond donors (Lipinski definition) is 2. The molecule has 3 N–H and O–H groups in total. The number of hydrogen-bond acceptors (Lipinski definition) is 6. The molecule has 3 rings (SSSR count). The number of rotatable bonds is 4. The maximum atomic E-state index is 13.7. The van der Waals surface area contributed by atoms with E-state index in [0.717, 1.165) is 37.8 Å². The van der Waals surface area contributed by atoms with Gasteiger partial charge in [-0.25, -0.2) is 14.4 Å². The van der Waals surface area contributed by atoms with E-state index in [1.165, 1.54) is 19.5 Å². The Labute approximate surface area is 133 Å². The summed E-state index contributed by atoms with van der Waals surface area (Å²) in [6.45, 7) is 1.91. The first kappa shape index (κ1) is 15.2. The Morgan fingerprint density at radius 2 is 2.00 bits per heavy atom. The first-order valence-corrected chi connectivity index (χ1v) is 7.39. The van der Waals surface area contributed by atoms with Gasteiger partial charge in [-0.1, -0.05) is 0 Å². The molecule has 0 aliphatic carbocycles. The minimum Gasteiger partial charge on any atom is -0.494 e. The largest absolute Gasteiger partial charge is 0.494 e. The topological polar surface area (TPSA) is 88.1 Å². The molecular formula is C16H18FN5O. The highest BCUT2D eigenvalue weighted by molar-refractivity contribution is 6.13. The van der Waals surface area contributed by atoms with Crippen molar-refractivity contribution in [1.29, 1.82) is 5.41 Å². The SMILES string of the molecule is COc1cc(C(=N)c2cc(N3CCCC3)ncn2)c(N)cc1F. The van der Waals surface area contributed by atoms with Gasteiger partial charge in [0, 0.05) is 36.5 Å². The Balaban J connectivity index is 1.95. The number of nitrogens with two attached hydrogens (primary N) is 1. The number of nitrogens with zero attached hydrogens (tertiary/aromatic N) is 3. The minimum absolute atomic E-state index is 0.0489. The van der Waals surface area contributed by atoms with Crippen LogP contribution in [0.2, 0.25) is 0 Å². The smallest absolute Gasteiger partial charge is 0.167 e. The van der Waals surface area contributed by atoms with Crippen molar-refractivity contribution in [3.63, 3.8) is 0 Å². The van der Waals surface area contributed by atoms with E-state index in [2.05, 4.69) is 14.9 Å². The zero-order chi connectivity index (χ0) is 16.4. The Morgan fingerprint density at radius 3 is 2.70 bits per heavy atom. The number of aromatic nitrogens is 2. The van der Waals surface area contributed by atoms with Crippen LogP contribution in [0.3, 0.4) is 0 Å². The van der Waals surface area contributed by atoms with Crippen molar-refractivity contribution in [3.05, 3.63) is 41.6 Å². The molecule has 0 radical (unpaired) electrons. The Bertz CT molecular complexity index is 743. The molecule has 23 heavy (non-hydrogen) atoms. The van der Waals surface area contributed by atoms with Crippen LogP contribution in [0, 0.1) is 11.2 Å². The Hall–Kier alpha value is -2.70. The second-order valence-electron chi connectivity index (χ2n) is 5.40. The third kappa shape index (κ3) is 2.94. The second-order valence-corrected chi connectivity index (χ2v) is 5.40. The third-order valence-electron chi connectivity index (χ3n) is 3.93. The van der Waals surface area contributed by atoms with Gasteiger partial charge in [-0.05, 0) is 18.9 Å². The lowest BCUT2D eigenvalue weighted by Gasteiger charge is -2.17. The number of anilines is 2. The first-order valence-electron chi connectivity index (χ1n) is 7.39. The van der Waals surface area contributed by atoms with Crippen LogP contribution in [0.15, 0.2) is 24.5 Å². The van der Waals surface area contributed by atoms with E-state index in [1.54, 1.807) is 6.07 Å². The summed E-state index contributed by atoms with van der Waals surface area (Å²) < 4.78 is 18.6. The molecule has 6 nitrogen and oxygen atoms in total. The summed E-state index contributed by atoms with van der Waals surface area (Å²) in [7, 11) is 1.37. The lowest BCUT2D eigenvalue weighted by molar-refractivity contribution is 0.386. The fourth-order valence-corrected chi connectivity index (χ4v) is 2.68. The lowest BCUT2D eigenvalue weighted by Crippen LogP contribution is -2.20.